The van der Waals surface area contributed by atoms with Crippen LogP contribution in [0.25, 0.3) is 0 Å². The number of carbonyl (C=O) groups is 2. The molecule has 164 valence electrons. The van der Waals surface area contributed by atoms with Gasteiger partial charge < -0.3 is 24.6 Å². The summed E-state index contributed by atoms with van der Waals surface area (Å²) >= 11 is 6.19. The minimum Gasteiger partial charge on any atom is -0.494 e. The molecule has 2 aliphatic heterocycles. The molecule has 0 spiro atoms. The van der Waals surface area contributed by atoms with Crippen LogP contribution in [0, 0.1) is 5.92 Å². The Morgan fingerprint density at radius 2 is 1.94 bits per heavy atom. The molecule has 0 bridgehead atoms. The zero-order chi connectivity index (χ0) is 21.8. The maximum absolute atomic E-state index is 13.0. The lowest BCUT2D eigenvalue weighted by molar-refractivity contribution is -0.122. The monoisotopic (exact) mass is 443 g/mol. The summed E-state index contributed by atoms with van der Waals surface area (Å²) in [6, 6.07) is 12.8. The summed E-state index contributed by atoms with van der Waals surface area (Å²) in [5.41, 5.74) is 2.33. The number of nitrogens with zero attached hydrogens (tertiary/aromatic N) is 2. The van der Waals surface area contributed by atoms with Crippen molar-refractivity contribution in [3.05, 3.63) is 47.5 Å². The molecule has 2 aromatic carbocycles. The third kappa shape index (κ3) is 4.94. The molecule has 0 radical (unpaired) electrons. The number of benzene rings is 2. The third-order valence-corrected chi connectivity index (χ3v) is 5.76. The van der Waals surface area contributed by atoms with Crippen LogP contribution in [0.1, 0.15) is 13.3 Å². The molecule has 1 atom stereocenters. The Morgan fingerprint density at radius 3 is 2.65 bits per heavy atom. The van der Waals surface area contributed by atoms with Crippen molar-refractivity contribution in [3.8, 4) is 5.75 Å². The molecule has 0 aliphatic carbocycles. The number of rotatable bonds is 6. The van der Waals surface area contributed by atoms with Gasteiger partial charge in [0.05, 0.1) is 37.1 Å². The van der Waals surface area contributed by atoms with Crippen LogP contribution in [0.15, 0.2) is 42.5 Å². The Labute approximate surface area is 186 Å². The summed E-state index contributed by atoms with van der Waals surface area (Å²) in [6.07, 6.45) is 0.173. The fraction of sp³-hybridized carbons (Fsp3) is 0.391. The Hall–Kier alpha value is -2.77. The summed E-state index contributed by atoms with van der Waals surface area (Å²) < 4.78 is 10.9. The van der Waals surface area contributed by atoms with Crippen LogP contribution in [-0.4, -0.2) is 51.3 Å². The van der Waals surface area contributed by atoms with Gasteiger partial charge in [0.15, 0.2) is 0 Å². The van der Waals surface area contributed by atoms with Gasteiger partial charge in [-0.1, -0.05) is 11.6 Å². The van der Waals surface area contributed by atoms with Crippen molar-refractivity contribution in [1.82, 2.24) is 0 Å². The van der Waals surface area contributed by atoms with Crippen molar-refractivity contribution in [3.63, 3.8) is 0 Å². The first-order valence-electron chi connectivity index (χ1n) is 10.5. The molecule has 4 rings (SSSR count). The van der Waals surface area contributed by atoms with Gasteiger partial charge in [0.25, 0.3) is 0 Å². The number of nitrogens with one attached hydrogen (secondary N) is 1. The highest BCUT2D eigenvalue weighted by molar-refractivity contribution is 6.31. The van der Waals surface area contributed by atoms with E-state index in [1.54, 1.807) is 11.0 Å². The number of ether oxygens (including phenoxy) is 2. The second-order valence-corrected chi connectivity index (χ2v) is 8.02. The molecular formula is C23H26ClN3O4. The molecule has 2 aliphatic rings. The van der Waals surface area contributed by atoms with Crippen molar-refractivity contribution < 1.29 is 19.1 Å². The van der Waals surface area contributed by atoms with Crippen LogP contribution in [0.2, 0.25) is 5.02 Å². The predicted octanol–water partition coefficient (Wildman–Crippen LogP) is 3.57. The van der Waals surface area contributed by atoms with Crippen molar-refractivity contribution in [2.45, 2.75) is 13.3 Å². The largest absolute Gasteiger partial charge is 0.494 e. The van der Waals surface area contributed by atoms with Gasteiger partial charge in [-0.15, -0.1) is 0 Å². The van der Waals surface area contributed by atoms with Gasteiger partial charge in [-0.2, -0.15) is 0 Å². The number of hydrogen-bond donors (Lipinski definition) is 1. The van der Waals surface area contributed by atoms with Gasteiger partial charge in [-0.05, 0) is 49.4 Å². The van der Waals surface area contributed by atoms with Crippen LogP contribution in [0.4, 0.5) is 17.1 Å². The smallest absolute Gasteiger partial charge is 0.229 e. The van der Waals surface area contributed by atoms with Crippen LogP contribution >= 0.6 is 11.6 Å². The third-order valence-electron chi connectivity index (χ3n) is 5.52. The van der Waals surface area contributed by atoms with Gasteiger partial charge >= 0.3 is 0 Å². The Bertz CT molecular complexity index is 944. The first kappa shape index (κ1) is 21.5. The quantitative estimate of drug-likeness (QED) is 0.739. The summed E-state index contributed by atoms with van der Waals surface area (Å²) in [5, 5.41) is 3.55. The van der Waals surface area contributed by atoms with Crippen molar-refractivity contribution in [2.24, 2.45) is 5.92 Å². The molecule has 0 aromatic heterocycles. The highest BCUT2D eigenvalue weighted by Gasteiger charge is 2.35. The first-order chi connectivity index (χ1) is 15.0. The predicted molar refractivity (Wildman–Crippen MR) is 121 cm³/mol. The molecule has 0 saturated carbocycles. The van der Waals surface area contributed by atoms with E-state index in [2.05, 4.69) is 10.2 Å². The number of anilines is 3. The van der Waals surface area contributed by atoms with E-state index >= 15 is 0 Å². The minimum absolute atomic E-state index is 0.0659. The van der Waals surface area contributed by atoms with E-state index in [0.29, 0.717) is 37.1 Å². The number of morpholine rings is 1. The number of halogens is 1. The number of carbonyl (C=O) groups excluding carboxylic acids is 2. The van der Waals surface area contributed by atoms with Crippen LogP contribution in [-0.2, 0) is 14.3 Å². The van der Waals surface area contributed by atoms with E-state index in [1.165, 1.54) is 0 Å². The number of hydrogen-bond acceptors (Lipinski definition) is 5. The Balaban J connectivity index is 1.46. The minimum atomic E-state index is -0.435. The zero-order valence-electron chi connectivity index (χ0n) is 17.5. The van der Waals surface area contributed by atoms with Gasteiger partial charge in [0.1, 0.15) is 5.75 Å². The lowest BCUT2D eigenvalue weighted by Crippen LogP contribution is -2.37. The van der Waals surface area contributed by atoms with Gasteiger partial charge in [0.2, 0.25) is 11.8 Å². The maximum Gasteiger partial charge on any atom is 0.229 e. The van der Waals surface area contributed by atoms with Gasteiger partial charge in [-0.3, -0.25) is 9.59 Å². The molecular weight excluding hydrogens is 418 g/mol. The summed E-state index contributed by atoms with van der Waals surface area (Å²) in [7, 11) is 0. The zero-order valence-corrected chi connectivity index (χ0v) is 18.2. The highest BCUT2D eigenvalue weighted by Crippen LogP contribution is 2.32. The van der Waals surface area contributed by atoms with E-state index in [1.807, 2.05) is 43.3 Å². The second-order valence-electron chi connectivity index (χ2n) is 7.58. The molecule has 2 aromatic rings. The molecule has 2 fully saturated rings. The second kappa shape index (κ2) is 9.58. The van der Waals surface area contributed by atoms with E-state index in [-0.39, 0.29) is 18.2 Å². The van der Waals surface area contributed by atoms with Crippen molar-refractivity contribution in [2.75, 3.05) is 54.6 Å². The first-order valence-corrected chi connectivity index (χ1v) is 10.9. The molecule has 2 amide bonds. The highest BCUT2D eigenvalue weighted by atomic mass is 35.5. The molecule has 8 heteroatoms. The fourth-order valence-electron chi connectivity index (χ4n) is 3.94. The lowest BCUT2D eigenvalue weighted by Gasteiger charge is -2.30. The fourth-order valence-corrected chi connectivity index (χ4v) is 4.12. The SMILES string of the molecule is CCOc1ccc(N2CC(C(=O)Nc3cc(Cl)ccc3N3CCOCC3)CC2=O)cc1. The number of amides is 2. The van der Waals surface area contributed by atoms with E-state index in [4.69, 9.17) is 21.1 Å². The van der Waals surface area contributed by atoms with Crippen LogP contribution < -0.4 is 19.9 Å². The molecule has 2 saturated heterocycles. The standard InChI is InChI=1S/C23H26ClN3O4/c1-2-31-19-6-4-18(5-7-19)27-15-16(13-22(27)28)23(29)25-20-14-17(24)3-8-21(20)26-9-11-30-12-10-26/h3-8,14,16H,2,9-13,15H2,1H3,(H,25,29). The Kier molecular flexibility index (Phi) is 6.63. The normalized spacial score (nSPS) is 18.9. The van der Waals surface area contributed by atoms with Crippen LogP contribution in [0.3, 0.4) is 0 Å². The van der Waals surface area contributed by atoms with Gasteiger partial charge in [-0.25, -0.2) is 0 Å². The van der Waals surface area contributed by atoms with Crippen molar-refractivity contribution in [1.29, 1.82) is 0 Å². The molecule has 2 heterocycles. The van der Waals surface area contributed by atoms with Crippen molar-refractivity contribution >= 4 is 40.5 Å². The average Bonchev–Trinajstić information content (AvgIpc) is 3.17. The topological polar surface area (TPSA) is 71.1 Å². The molecule has 7 nitrogen and oxygen atoms in total. The van der Waals surface area contributed by atoms with E-state index < -0.39 is 5.92 Å². The summed E-state index contributed by atoms with van der Waals surface area (Å²) in [5.74, 6) is 0.0711. The lowest BCUT2D eigenvalue weighted by atomic mass is 10.1. The van der Waals surface area contributed by atoms with Crippen LogP contribution in [0.5, 0.6) is 5.75 Å². The van der Waals surface area contributed by atoms with Gasteiger partial charge in [0, 0.05) is 36.8 Å². The molecule has 1 N–H and O–H groups in total. The summed E-state index contributed by atoms with van der Waals surface area (Å²) in [4.78, 5) is 29.4. The maximum atomic E-state index is 13.0. The molecule has 31 heavy (non-hydrogen) atoms. The molecule has 1 unspecified atom stereocenters. The van der Waals surface area contributed by atoms with E-state index in [0.717, 1.165) is 30.2 Å². The Morgan fingerprint density at radius 1 is 1.19 bits per heavy atom. The summed E-state index contributed by atoms with van der Waals surface area (Å²) in [6.45, 7) is 5.63. The average molecular weight is 444 g/mol. The van der Waals surface area contributed by atoms with E-state index in [9.17, 15) is 9.59 Å².